The minimum absolute atomic E-state index is 0.156. The zero-order chi connectivity index (χ0) is 19.9. The van der Waals surface area contributed by atoms with E-state index in [-0.39, 0.29) is 12.4 Å². The second-order valence-corrected chi connectivity index (χ2v) is 8.03. The molecule has 150 valence electrons. The summed E-state index contributed by atoms with van der Waals surface area (Å²) in [6.45, 7) is 4.90. The number of hydrogen-bond acceptors (Lipinski definition) is 8. The summed E-state index contributed by atoms with van der Waals surface area (Å²) in [5, 5.41) is 2.56. The molecule has 2 aromatic heterocycles. The van der Waals surface area contributed by atoms with E-state index in [2.05, 4.69) is 24.8 Å². The van der Waals surface area contributed by atoms with E-state index in [4.69, 9.17) is 9.47 Å². The van der Waals surface area contributed by atoms with Crippen LogP contribution in [0.4, 0.5) is 10.6 Å². The van der Waals surface area contributed by atoms with Crippen LogP contribution in [0.3, 0.4) is 0 Å². The van der Waals surface area contributed by atoms with Crippen molar-refractivity contribution in [3.05, 3.63) is 12.7 Å². The van der Waals surface area contributed by atoms with Crippen molar-refractivity contribution in [1.29, 1.82) is 0 Å². The van der Waals surface area contributed by atoms with Crippen LogP contribution in [0.5, 0.6) is 0 Å². The largest absolute Gasteiger partial charge is 0.449 e. The lowest BCUT2D eigenvalue weighted by molar-refractivity contribution is 0.144. The molecule has 11 nitrogen and oxygen atoms in total. The lowest BCUT2D eigenvalue weighted by Crippen LogP contribution is -2.16. The number of ether oxygens (including phenoxy) is 2. The first-order valence-electron chi connectivity index (χ1n) is 8.37. The first-order chi connectivity index (χ1) is 12.8. The molecular formula is C15H24N5O6P. The summed E-state index contributed by atoms with van der Waals surface area (Å²) in [6, 6.07) is 0. The molecule has 27 heavy (non-hydrogen) atoms. The van der Waals surface area contributed by atoms with Crippen LogP contribution in [0.25, 0.3) is 11.2 Å². The standard InChI is InChI=1S/C15H24N5O6P/c1-11(2)4-6-26-15(21)19-13-12-14(17-8-16-13)20(9-18-12)5-7-25-10-27(22,23)24-3/h8-9,11H,4-7,10H2,1-3H3,(H,22,23)(H,16,17,19,21). The first-order valence-corrected chi connectivity index (χ1v) is 10.1. The molecule has 0 aromatic carbocycles. The van der Waals surface area contributed by atoms with Crippen LogP contribution in [0.15, 0.2) is 12.7 Å². The summed E-state index contributed by atoms with van der Waals surface area (Å²) in [5.74, 6) is 0.679. The number of carbonyl (C=O) groups excluding carboxylic acids is 1. The van der Waals surface area contributed by atoms with Gasteiger partial charge in [0.1, 0.15) is 12.7 Å². The van der Waals surface area contributed by atoms with E-state index in [1.54, 1.807) is 4.57 Å². The Kier molecular flexibility index (Phi) is 7.66. The van der Waals surface area contributed by atoms with Gasteiger partial charge in [0.05, 0.1) is 19.5 Å². The maximum atomic E-state index is 11.9. The zero-order valence-corrected chi connectivity index (χ0v) is 16.4. The summed E-state index contributed by atoms with van der Waals surface area (Å²) < 4.78 is 27.7. The number of hydrogen-bond donors (Lipinski definition) is 2. The molecule has 1 unspecified atom stereocenters. The summed E-state index contributed by atoms with van der Waals surface area (Å²) in [5.41, 5.74) is 0.896. The minimum atomic E-state index is -3.70. The van der Waals surface area contributed by atoms with E-state index < -0.39 is 20.0 Å². The van der Waals surface area contributed by atoms with Gasteiger partial charge in [0, 0.05) is 13.7 Å². The van der Waals surface area contributed by atoms with Gasteiger partial charge in [0.15, 0.2) is 17.0 Å². The number of nitrogens with one attached hydrogen (secondary N) is 1. The highest BCUT2D eigenvalue weighted by atomic mass is 31.2. The van der Waals surface area contributed by atoms with E-state index >= 15 is 0 Å². The summed E-state index contributed by atoms with van der Waals surface area (Å²) in [4.78, 5) is 33.5. The van der Waals surface area contributed by atoms with Gasteiger partial charge in [-0.1, -0.05) is 13.8 Å². The highest BCUT2D eigenvalue weighted by Gasteiger charge is 2.17. The topological polar surface area (TPSA) is 138 Å². The monoisotopic (exact) mass is 401 g/mol. The third-order valence-corrected chi connectivity index (χ3v) is 4.65. The maximum absolute atomic E-state index is 11.9. The molecule has 2 rings (SSSR count). The van der Waals surface area contributed by atoms with Crippen LogP contribution in [-0.2, 0) is 25.1 Å². The molecule has 0 radical (unpaired) electrons. The van der Waals surface area contributed by atoms with E-state index in [0.29, 0.717) is 30.2 Å². The SMILES string of the molecule is COP(=O)(O)COCCn1cnc2c(NC(=O)OCCC(C)C)ncnc21. The average Bonchev–Trinajstić information content (AvgIpc) is 3.03. The van der Waals surface area contributed by atoms with Gasteiger partial charge in [0.2, 0.25) is 0 Å². The first kappa shape index (κ1) is 21.2. The molecule has 12 heteroatoms. The normalized spacial score (nSPS) is 13.7. The van der Waals surface area contributed by atoms with Crippen molar-refractivity contribution in [3.63, 3.8) is 0 Å². The zero-order valence-electron chi connectivity index (χ0n) is 15.5. The molecule has 1 amide bonds. The molecule has 2 heterocycles. The van der Waals surface area contributed by atoms with Crippen LogP contribution in [0.1, 0.15) is 20.3 Å². The molecular weight excluding hydrogens is 377 g/mol. The van der Waals surface area contributed by atoms with Gasteiger partial charge in [-0.15, -0.1) is 0 Å². The summed E-state index contributed by atoms with van der Waals surface area (Å²) in [6.07, 6.45) is 2.59. The number of nitrogens with zero attached hydrogens (tertiary/aromatic N) is 4. The van der Waals surface area contributed by atoms with Crippen LogP contribution in [0.2, 0.25) is 0 Å². The third kappa shape index (κ3) is 6.55. The lowest BCUT2D eigenvalue weighted by Gasteiger charge is -2.10. The van der Waals surface area contributed by atoms with Gasteiger partial charge in [-0.3, -0.25) is 9.88 Å². The summed E-state index contributed by atoms with van der Waals surface area (Å²) in [7, 11) is -2.56. The van der Waals surface area contributed by atoms with Crippen LogP contribution in [0, 0.1) is 5.92 Å². The predicted octanol–water partition coefficient (Wildman–Crippen LogP) is 2.23. The highest BCUT2D eigenvalue weighted by molar-refractivity contribution is 7.52. The van der Waals surface area contributed by atoms with Crippen LogP contribution < -0.4 is 5.32 Å². The van der Waals surface area contributed by atoms with E-state index in [0.717, 1.165) is 13.5 Å². The van der Waals surface area contributed by atoms with Gasteiger partial charge in [-0.25, -0.2) is 19.7 Å². The molecule has 0 aliphatic heterocycles. The van der Waals surface area contributed by atoms with Gasteiger partial charge in [0.25, 0.3) is 0 Å². The number of amides is 1. The van der Waals surface area contributed by atoms with Gasteiger partial charge < -0.3 is 23.5 Å². The van der Waals surface area contributed by atoms with Crippen molar-refractivity contribution in [3.8, 4) is 0 Å². The highest BCUT2D eigenvalue weighted by Crippen LogP contribution is 2.40. The Balaban J connectivity index is 1.95. The maximum Gasteiger partial charge on any atom is 0.412 e. The molecule has 0 spiro atoms. The van der Waals surface area contributed by atoms with E-state index in [1.807, 2.05) is 13.8 Å². The van der Waals surface area contributed by atoms with Crippen molar-refractivity contribution < 1.29 is 28.3 Å². The fraction of sp³-hybridized carbons (Fsp3) is 0.600. The molecule has 0 bridgehead atoms. The molecule has 0 aliphatic carbocycles. The molecule has 0 fully saturated rings. The van der Waals surface area contributed by atoms with Crippen molar-refractivity contribution in [2.24, 2.45) is 5.92 Å². The number of anilines is 1. The Morgan fingerprint density at radius 3 is 2.81 bits per heavy atom. The van der Waals surface area contributed by atoms with E-state index in [9.17, 15) is 14.3 Å². The second-order valence-electron chi connectivity index (χ2n) is 6.13. The minimum Gasteiger partial charge on any atom is -0.449 e. The number of aromatic nitrogens is 4. The Morgan fingerprint density at radius 2 is 2.11 bits per heavy atom. The molecule has 2 N–H and O–H groups in total. The summed E-state index contributed by atoms with van der Waals surface area (Å²) >= 11 is 0. The smallest absolute Gasteiger partial charge is 0.412 e. The Labute approximate surface area is 156 Å². The average molecular weight is 401 g/mol. The number of carbonyl (C=O) groups is 1. The van der Waals surface area contributed by atoms with Crippen molar-refractivity contribution in [1.82, 2.24) is 19.5 Å². The molecule has 2 aromatic rings. The Bertz CT molecular complexity index is 811. The second kappa shape index (κ2) is 9.75. The predicted molar refractivity (Wildman–Crippen MR) is 97.4 cm³/mol. The molecule has 0 aliphatic rings. The fourth-order valence-corrected chi connectivity index (χ4v) is 2.52. The van der Waals surface area contributed by atoms with Gasteiger partial charge in [-0.2, -0.15) is 0 Å². The Morgan fingerprint density at radius 1 is 1.33 bits per heavy atom. The number of fused-ring (bicyclic) bond motifs is 1. The number of rotatable bonds is 10. The van der Waals surface area contributed by atoms with Crippen LogP contribution in [-0.4, -0.2) is 57.2 Å². The van der Waals surface area contributed by atoms with Gasteiger partial charge >= 0.3 is 13.7 Å². The van der Waals surface area contributed by atoms with Crippen molar-refractivity contribution in [2.75, 3.05) is 32.0 Å². The third-order valence-electron chi connectivity index (χ3n) is 3.57. The van der Waals surface area contributed by atoms with Crippen molar-refractivity contribution in [2.45, 2.75) is 26.8 Å². The molecule has 1 atom stereocenters. The van der Waals surface area contributed by atoms with Crippen LogP contribution >= 0.6 is 7.60 Å². The molecule has 0 saturated heterocycles. The van der Waals surface area contributed by atoms with Gasteiger partial charge in [-0.05, 0) is 12.3 Å². The quantitative estimate of drug-likeness (QED) is 0.453. The lowest BCUT2D eigenvalue weighted by atomic mass is 10.1. The Hall–Kier alpha value is -2.07. The van der Waals surface area contributed by atoms with Crippen molar-refractivity contribution >= 4 is 30.7 Å². The molecule has 0 saturated carbocycles. The van der Waals surface area contributed by atoms with E-state index in [1.165, 1.54) is 12.7 Å². The fourth-order valence-electron chi connectivity index (χ4n) is 2.05. The number of imidazole rings is 1.